The Morgan fingerprint density at radius 2 is 1.33 bits per heavy atom. The highest BCUT2D eigenvalue weighted by Crippen LogP contribution is 2.48. The number of hydrazine groups is 1. The lowest BCUT2D eigenvalue weighted by Gasteiger charge is -2.49. The van der Waals surface area contributed by atoms with Crippen LogP contribution >= 0.6 is 0 Å². The highest BCUT2D eigenvalue weighted by molar-refractivity contribution is 5.50. The van der Waals surface area contributed by atoms with Crippen molar-refractivity contribution in [2.45, 2.75) is 51.1 Å². The Labute approximate surface area is 215 Å². The van der Waals surface area contributed by atoms with E-state index in [2.05, 4.69) is 41.1 Å². The van der Waals surface area contributed by atoms with Gasteiger partial charge >= 0.3 is 0 Å². The summed E-state index contributed by atoms with van der Waals surface area (Å²) < 4.78 is 22.5. The molecular formula is C29H41N3O4. The SMILES string of the molecule is CCC1CN2CCc3cc(OC)c(OC)cc3C2CC1CC1c2cc(OC)c(OC)cc2CCN1N. The van der Waals surface area contributed by atoms with Crippen molar-refractivity contribution in [1.82, 2.24) is 9.91 Å². The summed E-state index contributed by atoms with van der Waals surface area (Å²) in [5.74, 6) is 11.1. The van der Waals surface area contributed by atoms with Gasteiger partial charge in [-0.15, -0.1) is 0 Å². The number of fused-ring (bicyclic) bond motifs is 4. The van der Waals surface area contributed by atoms with Gasteiger partial charge in [0, 0.05) is 31.7 Å². The van der Waals surface area contributed by atoms with Crippen LogP contribution in [-0.4, -0.2) is 58.0 Å². The van der Waals surface area contributed by atoms with E-state index in [0.717, 1.165) is 68.3 Å². The van der Waals surface area contributed by atoms with Crippen molar-refractivity contribution in [3.8, 4) is 23.0 Å². The van der Waals surface area contributed by atoms with E-state index in [1.54, 1.807) is 28.4 Å². The minimum atomic E-state index is 0.174. The van der Waals surface area contributed by atoms with Gasteiger partial charge in [-0.1, -0.05) is 13.3 Å². The van der Waals surface area contributed by atoms with Crippen molar-refractivity contribution in [1.29, 1.82) is 0 Å². The van der Waals surface area contributed by atoms with Crippen LogP contribution in [-0.2, 0) is 12.8 Å². The van der Waals surface area contributed by atoms with Gasteiger partial charge in [0.1, 0.15) is 0 Å². The van der Waals surface area contributed by atoms with Crippen molar-refractivity contribution in [3.63, 3.8) is 0 Å². The minimum absolute atomic E-state index is 0.174. The van der Waals surface area contributed by atoms with Crippen LogP contribution in [0, 0.1) is 11.8 Å². The third-order valence-electron chi connectivity index (χ3n) is 8.87. The Morgan fingerprint density at radius 1 is 0.778 bits per heavy atom. The summed E-state index contributed by atoms with van der Waals surface area (Å²) in [6.45, 7) is 5.43. The van der Waals surface area contributed by atoms with E-state index in [1.807, 2.05) is 0 Å². The van der Waals surface area contributed by atoms with Crippen molar-refractivity contribution in [2.75, 3.05) is 48.1 Å². The van der Waals surface area contributed by atoms with E-state index >= 15 is 0 Å². The number of hydrogen-bond acceptors (Lipinski definition) is 7. The molecule has 2 N–H and O–H groups in total. The van der Waals surface area contributed by atoms with Gasteiger partial charge in [0.2, 0.25) is 0 Å². The van der Waals surface area contributed by atoms with Crippen LogP contribution in [0.2, 0.25) is 0 Å². The van der Waals surface area contributed by atoms with Crippen LogP contribution in [0.1, 0.15) is 60.5 Å². The summed E-state index contributed by atoms with van der Waals surface area (Å²) in [4.78, 5) is 2.70. The first-order valence-electron chi connectivity index (χ1n) is 13.3. The van der Waals surface area contributed by atoms with Crippen molar-refractivity contribution in [3.05, 3.63) is 46.5 Å². The number of piperidine rings is 1. The van der Waals surface area contributed by atoms with Gasteiger partial charge in [-0.2, -0.15) is 0 Å². The summed E-state index contributed by atoms with van der Waals surface area (Å²) >= 11 is 0. The van der Waals surface area contributed by atoms with Gasteiger partial charge in [0.15, 0.2) is 23.0 Å². The molecule has 4 atom stereocenters. The zero-order chi connectivity index (χ0) is 25.4. The molecule has 0 bridgehead atoms. The fourth-order valence-corrected chi connectivity index (χ4v) is 6.85. The highest BCUT2D eigenvalue weighted by atomic mass is 16.5. The van der Waals surface area contributed by atoms with Crippen molar-refractivity contribution >= 4 is 0 Å². The minimum Gasteiger partial charge on any atom is -0.493 e. The second-order valence-electron chi connectivity index (χ2n) is 10.5. The lowest BCUT2D eigenvalue weighted by Crippen LogP contribution is -2.48. The molecule has 0 saturated carbocycles. The van der Waals surface area contributed by atoms with Gasteiger partial charge in [-0.3, -0.25) is 10.7 Å². The fraction of sp³-hybridized carbons (Fsp3) is 0.586. The van der Waals surface area contributed by atoms with Crippen LogP contribution < -0.4 is 24.8 Å². The Hall–Kier alpha value is -2.48. The second kappa shape index (κ2) is 10.5. The first-order chi connectivity index (χ1) is 17.5. The summed E-state index contributed by atoms with van der Waals surface area (Å²) in [5.41, 5.74) is 5.40. The molecule has 1 saturated heterocycles. The van der Waals surface area contributed by atoms with Gasteiger partial charge in [0.05, 0.1) is 28.4 Å². The lowest BCUT2D eigenvalue weighted by molar-refractivity contribution is 0.0306. The van der Waals surface area contributed by atoms with E-state index in [4.69, 9.17) is 24.8 Å². The van der Waals surface area contributed by atoms with E-state index < -0.39 is 0 Å². The van der Waals surface area contributed by atoms with Crippen LogP contribution in [0.4, 0.5) is 0 Å². The van der Waals surface area contributed by atoms with Crippen LogP contribution in [0.25, 0.3) is 0 Å². The third kappa shape index (κ3) is 4.42. The molecule has 0 aliphatic carbocycles. The molecule has 2 aromatic carbocycles. The molecule has 1 fully saturated rings. The number of nitrogens with two attached hydrogens (primary N) is 1. The number of hydrogen-bond donors (Lipinski definition) is 1. The van der Waals surface area contributed by atoms with Gasteiger partial charge in [0.25, 0.3) is 0 Å². The molecule has 0 radical (unpaired) electrons. The molecular weight excluding hydrogens is 454 g/mol. The molecule has 4 unspecified atom stereocenters. The molecule has 196 valence electrons. The zero-order valence-electron chi connectivity index (χ0n) is 22.4. The molecule has 0 aromatic heterocycles. The van der Waals surface area contributed by atoms with Gasteiger partial charge in [-0.05, 0) is 84.0 Å². The maximum Gasteiger partial charge on any atom is 0.161 e. The maximum atomic E-state index is 6.66. The molecule has 0 amide bonds. The second-order valence-corrected chi connectivity index (χ2v) is 10.5. The zero-order valence-corrected chi connectivity index (χ0v) is 22.4. The van der Waals surface area contributed by atoms with Gasteiger partial charge in [-0.25, -0.2) is 5.01 Å². The summed E-state index contributed by atoms with van der Waals surface area (Å²) in [6.07, 6.45) is 5.35. The third-order valence-corrected chi connectivity index (χ3v) is 8.87. The number of rotatable bonds is 7. The predicted octanol–water partition coefficient (Wildman–Crippen LogP) is 4.53. The topological polar surface area (TPSA) is 69.4 Å². The average molecular weight is 496 g/mol. The van der Waals surface area contributed by atoms with Crippen LogP contribution in [0.15, 0.2) is 24.3 Å². The Balaban J connectivity index is 1.46. The number of ether oxygens (including phenoxy) is 4. The molecule has 2 aromatic rings. The molecule has 0 spiro atoms. The summed E-state index contributed by atoms with van der Waals surface area (Å²) in [6, 6.07) is 9.28. The molecule has 3 aliphatic rings. The molecule has 7 nitrogen and oxygen atoms in total. The quantitative estimate of drug-likeness (QED) is 0.566. The summed E-state index contributed by atoms with van der Waals surface area (Å²) in [7, 11) is 6.84. The average Bonchev–Trinajstić information content (AvgIpc) is 2.92. The van der Waals surface area contributed by atoms with E-state index in [-0.39, 0.29) is 6.04 Å². The van der Waals surface area contributed by atoms with E-state index in [0.29, 0.717) is 17.9 Å². The molecule has 3 heterocycles. The lowest BCUT2D eigenvalue weighted by atomic mass is 9.72. The molecule has 3 aliphatic heterocycles. The highest BCUT2D eigenvalue weighted by Gasteiger charge is 2.41. The Morgan fingerprint density at radius 3 is 1.94 bits per heavy atom. The number of benzene rings is 2. The molecule has 7 heteroatoms. The standard InChI is InChI=1S/C29H41N3O4/c1-6-18-17-31-9-7-19-13-26(33-2)28(35-4)15-22(19)24(31)11-21(18)12-25-23-16-29(36-5)27(34-3)14-20(23)8-10-32(25)30/h13-16,18,21,24-25H,6-12,17,30H2,1-5H3. The van der Waals surface area contributed by atoms with Crippen molar-refractivity contribution in [2.24, 2.45) is 17.7 Å². The van der Waals surface area contributed by atoms with Crippen LogP contribution in [0.5, 0.6) is 23.0 Å². The van der Waals surface area contributed by atoms with E-state index in [9.17, 15) is 0 Å². The monoisotopic (exact) mass is 495 g/mol. The first kappa shape index (κ1) is 25.2. The van der Waals surface area contributed by atoms with Crippen LogP contribution in [0.3, 0.4) is 0 Å². The fourth-order valence-electron chi connectivity index (χ4n) is 6.85. The first-order valence-corrected chi connectivity index (χ1v) is 13.3. The Kier molecular flexibility index (Phi) is 7.33. The summed E-state index contributed by atoms with van der Waals surface area (Å²) in [5, 5.41) is 2.05. The normalized spacial score (nSPS) is 25.9. The molecule has 36 heavy (non-hydrogen) atoms. The number of nitrogens with zero attached hydrogens (tertiary/aromatic N) is 2. The van der Waals surface area contributed by atoms with Crippen molar-refractivity contribution < 1.29 is 18.9 Å². The Bertz CT molecular complexity index is 1090. The molecule has 5 rings (SSSR count). The maximum absolute atomic E-state index is 6.66. The number of methoxy groups -OCH3 is 4. The largest absolute Gasteiger partial charge is 0.493 e. The van der Waals surface area contributed by atoms with E-state index in [1.165, 1.54) is 28.7 Å². The van der Waals surface area contributed by atoms with Gasteiger partial charge < -0.3 is 18.9 Å². The predicted molar refractivity (Wildman–Crippen MR) is 141 cm³/mol. The smallest absolute Gasteiger partial charge is 0.161 e.